The maximum absolute atomic E-state index is 13.8. The van der Waals surface area contributed by atoms with Crippen LogP contribution in [0, 0.1) is 17.5 Å². The molecule has 3 N–H and O–H groups in total. The molecule has 1 heterocycles. The number of guanidine groups is 1. The lowest BCUT2D eigenvalue weighted by molar-refractivity contribution is 0.292. The third kappa shape index (κ3) is 4.92. The molecule has 0 bridgehead atoms. The lowest BCUT2D eigenvalue weighted by Crippen LogP contribution is -2.22. The van der Waals surface area contributed by atoms with Crippen LogP contribution >= 0.6 is 11.6 Å². The molecule has 0 saturated heterocycles. The van der Waals surface area contributed by atoms with Crippen molar-refractivity contribution in [3.8, 4) is 5.75 Å². The Morgan fingerprint density at radius 3 is 2.46 bits per heavy atom. The van der Waals surface area contributed by atoms with Gasteiger partial charge in [0, 0.05) is 29.0 Å². The molecular formula is C19H14ClF3N4O. The van der Waals surface area contributed by atoms with E-state index in [1.807, 2.05) is 0 Å². The summed E-state index contributed by atoms with van der Waals surface area (Å²) in [6, 6.07) is 11.0. The van der Waals surface area contributed by atoms with E-state index < -0.39 is 29.6 Å². The molecule has 144 valence electrons. The quantitative estimate of drug-likeness (QED) is 0.472. The van der Waals surface area contributed by atoms with E-state index in [0.717, 1.165) is 0 Å². The van der Waals surface area contributed by atoms with E-state index in [4.69, 9.17) is 22.1 Å². The predicted octanol–water partition coefficient (Wildman–Crippen LogP) is 4.79. The van der Waals surface area contributed by atoms with Crippen LogP contribution in [0.2, 0.25) is 5.02 Å². The average Bonchev–Trinajstić information content (AvgIpc) is 2.64. The molecule has 0 aliphatic rings. The van der Waals surface area contributed by atoms with Gasteiger partial charge in [0.05, 0.1) is 5.56 Å². The Labute approximate surface area is 163 Å². The molecule has 1 aromatic heterocycles. The van der Waals surface area contributed by atoms with Gasteiger partial charge in [0.2, 0.25) is 0 Å². The van der Waals surface area contributed by atoms with E-state index in [0.29, 0.717) is 22.8 Å². The maximum atomic E-state index is 13.8. The second-order valence-electron chi connectivity index (χ2n) is 5.59. The molecule has 28 heavy (non-hydrogen) atoms. The first kappa shape index (κ1) is 19.5. The highest BCUT2D eigenvalue weighted by Crippen LogP contribution is 2.26. The van der Waals surface area contributed by atoms with Crippen molar-refractivity contribution in [1.29, 1.82) is 0 Å². The van der Waals surface area contributed by atoms with Gasteiger partial charge in [-0.15, -0.1) is 0 Å². The standard InChI is InChI=1S/C19H14ClF3N4O/c20-11-3-5-13(6-4-11)26-19(24)27-18-17(2-1-7-25-18)28-10-14-15(22)8-12(21)9-16(14)23/h1-9H,10H2,(H3,24,25,26,27). The van der Waals surface area contributed by atoms with Gasteiger partial charge in [0.25, 0.3) is 0 Å². The number of nitrogens with two attached hydrogens (primary N) is 1. The van der Waals surface area contributed by atoms with E-state index in [1.54, 1.807) is 30.3 Å². The minimum atomic E-state index is -1.05. The van der Waals surface area contributed by atoms with Gasteiger partial charge in [-0.25, -0.2) is 18.2 Å². The smallest absolute Gasteiger partial charge is 0.200 e. The van der Waals surface area contributed by atoms with E-state index >= 15 is 0 Å². The molecule has 0 fully saturated rings. The monoisotopic (exact) mass is 406 g/mol. The van der Waals surface area contributed by atoms with Crippen molar-refractivity contribution < 1.29 is 17.9 Å². The number of ether oxygens (including phenoxy) is 1. The van der Waals surface area contributed by atoms with E-state index in [-0.39, 0.29) is 17.5 Å². The molecule has 0 saturated carbocycles. The van der Waals surface area contributed by atoms with Crippen LogP contribution in [-0.2, 0) is 6.61 Å². The molecule has 0 aliphatic heterocycles. The highest BCUT2D eigenvalue weighted by atomic mass is 35.5. The van der Waals surface area contributed by atoms with Crippen LogP contribution in [-0.4, -0.2) is 10.9 Å². The van der Waals surface area contributed by atoms with E-state index in [1.165, 1.54) is 12.3 Å². The third-order valence-corrected chi connectivity index (χ3v) is 3.82. The molecule has 0 amide bonds. The Bertz CT molecular complexity index is 989. The SMILES string of the molecule is NC(=Nc1ncccc1OCc1c(F)cc(F)cc1F)Nc1ccc(Cl)cc1. The van der Waals surface area contributed by atoms with Crippen molar-refractivity contribution in [2.75, 3.05) is 5.32 Å². The van der Waals surface area contributed by atoms with Crippen molar-refractivity contribution in [2.24, 2.45) is 10.7 Å². The van der Waals surface area contributed by atoms with Crippen LogP contribution in [0.25, 0.3) is 0 Å². The van der Waals surface area contributed by atoms with E-state index in [9.17, 15) is 13.2 Å². The number of hydrogen-bond donors (Lipinski definition) is 2. The number of nitrogens with one attached hydrogen (secondary N) is 1. The maximum Gasteiger partial charge on any atom is 0.200 e. The Hall–Kier alpha value is -3.26. The Morgan fingerprint density at radius 1 is 1.11 bits per heavy atom. The summed E-state index contributed by atoms with van der Waals surface area (Å²) in [6.45, 7) is -0.476. The summed E-state index contributed by atoms with van der Waals surface area (Å²) in [5.74, 6) is -2.84. The van der Waals surface area contributed by atoms with Gasteiger partial charge in [-0.1, -0.05) is 11.6 Å². The highest BCUT2D eigenvalue weighted by Gasteiger charge is 2.13. The first-order valence-corrected chi connectivity index (χ1v) is 8.38. The predicted molar refractivity (Wildman–Crippen MR) is 101 cm³/mol. The fourth-order valence-corrected chi connectivity index (χ4v) is 2.39. The molecular weight excluding hydrogens is 393 g/mol. The molecule has 9 heteroatoms. The van der Waals surface area contributed by atoms with Gasteiger partial charge in [-0.05, 0) is 36.4 Å². The van der Waals surface area contributed by atoms with E-state index in [2.05, 4.69) is 15.3 Å². The summed E-state index contributed by atoms with van der Waals surface area (Å²) in [6.07, 6.45) is 1.46. The van der Waals surface area contributed by atoms with Crippen LogP contribution in [0.1, 0.15) is 5.56 Å². The number of aliphatic imine (C=N–C) groups is 1. The first-order valence-electron chi connectivity index (χ1n) is 8.00. The fraction of sp³-hybridized carbons (Fsp3) is 0.0526. The first-order chi connectivity index (χ1) is 13.4. The van der Waals surface area contributed by atoms with Crippen LogP contribution in [0.5, 0.6) is 5.75 Å². The molecule has 2 aromatic carbocycles. The van der Waals surface area contributed by atoms with Crippen molar-refractivity contribution >= 4 is 29.1 Å². The number of aromatic nitrogens is 1. The van der Waals surface area contributed by atoms with Crippen molar-refractivity contribution in [3.05, 3.63) is 82.8 Å². The van der Waals surface area contributed by atoms with Crippen LogP contribution in [0.3, 0.4) is 0 Å². The highest BCUT2D eigenvalue weighted by molar-refractivity contribution is 6.30. The van der Waals surface area contributed by atoms with Crippen LogP contribution in [0.4, 0.5) is 24.7 Å². The number of anilines is 1. The second-order valence-corrected chi connectivity index (χ2v) is 6.03. The van der Waals surface area contributed by atoms with Crippen molar-refractivity contribution in [1.82, 2.24) is 4.98 Å². The summed E-state index contributed by atoms with van der Waals surface area (Å²) < 4.78 is 45.9. The van der Waals surface area contributed by atoms with Crippen LogP contribution in [0.15, 0.2) is 59.7 Å². The Kier molecular flexibility index (Phi) is 6.00. The Balaban J connectivity index is 1.76. The lowest BCUT2D eigenvalue weighted by atomic mass is 10.2. The number of rotatable bonds is 5. The van der Waals surface area contributed by atoms with Crippen LogP contribution < -0.4 is 15.8 Å². The Morgan fingerprint density at radius 2 is 1.79 bits per heavy atom. The number of nitrogens with zero attached hydrogens (tertiary/aromatic N) is 2. The number of pyridine rings is 1. The molecule has 0 unspecified atom stereocenters. The molecule has 0 atom stereocenters. The zero-order valence-corrected chi connectivity index (χ0v) is 15.1. The van der Waals surface area contributed by atoms with Crippen molar-refractivity contribution in [2.45, 2.75) is 6.61 Å². The summed E-state index contributed by atoms with van der Waals surface area (Å²) in [4.78, 5) is 8.16. The molecule has 0 aliphatic carbocycles. The second kappa shape index (κ2) is 8.62. The molecule has 0 radical (unpaired) electrons. The molecule has 3 aromatic rings. The number of halogens is 4. The normalized spacial score (nSPS) is 11.4. The van der Waals surface area contributed by atoms with Gasteiger partial charge in [0.1, 0.15) is 24.1 Å². The van der Waals surface area contributed by atoms with Gasteiger partial charge in [-0.2, -0.15) is 4.99 Å². The van der Waals surface area contributed by atoms with Gasteiger partial charge < -0.3 is 15.8 Å². The minimum Gasteiger partial charge on any atom is -0.485 e. The lowest BCUT2D eigenvalue weighted by Gasteiger charge is -2.11. The number of benzene rings is 2. The summed E-state index contributed by atoms with van der Waals surface area (Å²) >= 11 is 5.82. The minimum absolute atomic E-state index is 0.0185. The fourth-order valence-electron chi connectivity index (χ4n) is 2.26. The van der Waals surface area contributed by atoms with Gasteiger partial charge in [0.15, 0.2) is 17.5 Å². The zero-order valence-electron chi connectivity index (χ0n) is 14.3. The topological polar surface area (TPSA) is 72.5 Å². The zero-order chi connectivity index (χ0) is 20.1. The van der Waals surface area contributed by atoms with Crippen molar-refractivity contribution in [3.63, 3.8) is 0 Å². The summed E-state index contributed by atoms with van der Waals surface area (Å²) in [5.41, 5.74) is 6.11. The molecule has 0 spiro atoms. The average molecular weight is 407 g/mol. The summed E-state index contributed by atoms with van der Waals surface area (Å²) in [7, 11) is 0. The van der Waals surface area contributed by atoms with Gasteiger partial charge >= 0.3 is 0 Å². The third-order valence-electron chi connectivity index (χ3n) is 3.57. The van der Waals surface area contributed by atoms with Gasteiger partial charge in [-0.3, -0.25) is 0 Å². The molecule has 5 nitrogen and oxygen atoms in total. The number of hydrogen-bond acceptors (Lipinski definition) is 3. The largest absolute Gasteiger partial charge is 0.485 e. The molecule has 3 rings (SSSR count). The summed E-state index contributed by atoms with van der Waals surface area (Å²) in [5, 5.41) is 3.43.